The van der Waals surface area contributed by atoms with Crippen LogP contribution in [0.5, 0.6) is 0 Å². The molecule has 112 valence electrons. The first-order valence-electron chi connectivity index (χ1n) is 8.42. The summed E-state index contributed by atoms with van der Waals surface area (Å²) in [5.41, 5.74) is 5.46. The van der Waals surface area contributed by atoms with E-state index in [-0.39, 0.29) is 0 Å². The van der Waals surface area contributed by atoms with E-state index < -0.39 is 0 Å². The Morgan fingerprint density at radius 3 is 2.67 bits per heavy atom. The first-order valence-corrected chi connectivity index (χ1v) is 9.40. The van der Waals surface area contributed by atoms with Gasteiger partial charge in [-0.05, 0) is 66.1 Å². The zero-order chi connectivity index (χ0) is 14.8. The number of benzene rings is 1. The summed E-state index contributed by atoms with van der Waals surface area (Å²) >= 11 is 2.02. The van der Waals surface area contributed by atoms with Gasteiger partial charge in [0.15, 0.2) is 0 Å². The van der Waals surface area contributed by atoms with Gasteiger partial charge in [-0.2, -0.15) is 0 Å². The van der Waals surface area contributed by atoms with Gasteiger partial charge in [0.2, 0.25) is 0 Å². The van der Waals surface area contributed by atoms with Crippen molar-refractivity contribution in [3.05, 3.63) is 35.4 Å². The molecule has 0 saturated heterocycles. The zero-order valence-corrected chi connectivity index (χ0v) is 14.5. The molecule has 0 nitrogen and oxygen atoms in total. The Bertz CT molecular complexity index is 610. The average Bonchev–Trinajstić information content (AvgIpc) is 2.47. The van der Waals surface area contributed by atoms with Gasteiger partial charge in [-0.25, -0.2) is 0 Å². The minimum absolute atomic E-state index is 0.560. The molecule has 5 rings (SSSR count). The number of hydrogen-bond acceptors (Lipinski definition) is 1. The van der Waals surface area contributed by atoms with Gasteiger partial charge in [-0.1, -0.05) is 44.5 Å². The normalized spacial score (nSPS) is 37.0. The number of rotatable bonds is 1. The summed E-state index contributed by atoms with van der Waals surface area (Å²) in [6, 6.07) is 9.09. The number of fused-ring (bicyclic) bond motifs is 3. The molecule has 1 heterocycles. The van der Waals surface area contributed by atoms with E-state index in [2.05, 4.69) is 52.0 Å². The molecule has 3 aliphatic carbocycles. The Labute approximate surface area is 133 Å². The Morgan fingerprint density at radius 1 is 1.14 bits per heavy atom. The second kappa shape index (κ2) is 4.65. The lowest BCUT2D eigenvalue weighted by atomic mass is 9.42. The van der Waals surface area contributed by atoms with Crippen LogP contribution in [0.4, 0.5) is 0 Å². The van der Waals surface area contributed by atoms with Crippen molar-refractivity contribution < 1.29 is 0 Å². The van der Waals surface area contributed by atoms with Crippen molar-refractivity contribution in [1.82, 2.24) is 0 Å². The van der Waals surface area contributed by atoms with Crippen molar-refractivity contribution in [2.45, 2.75) is 45.4 Å². The summed E-state index contributed by atoms with van der Waals surface area (Å²) in [5.74, 6) is 4.69. The quantitative estimate of drug-likeness (QED) is 0.623. The van der Waals surface area contributed by atoms with Gasteiger partial charge in [0.05, 0.1) is 0 Å². The molecule has 0 radical (unpaired) electrons. The van der Waals surface area contributed by atoms with Crippen LogP contribution in [0.1, 0.15) is 46.1 Å². The lowest BCUT2D eigenvalue weighted by Gasteiger charge is -2.63. The molecule has 3 fully saturated rings. The van der Waals surface area contributed by atoms with Crippen LogP contribution in [0, 0.1) is 29.1 Å². The minimum Gasteiger partial charge on any atom is -0.121 e. The Balaban J connectivity index is 1.81. The van der Waals surface area contributed by atoms with Crippen LogP contribution in [0.15, 0.2) is 34.7 Å². The van der Waals surface area contributed by atoms with Gasteiger partial charge in [0.25, 0.3) is 0 Å². The molecule has 1 aliphatic heterocycles. The van der Waals surface area contributed by atoms with Gasteiger partial charge in [0, 0.05) is 10.6 Å². The topological polar surface area (TPSA) is 0 Å². The summed E-state index contributed by atoms with van der Waals surface area (Å²) in [7, 11) is 0. The molecule has 1 heteroatoms. The molecular formula is C20H26S. The second-order valence-electron chi connectivity index (χ2n) is 8.08. The Kier molecular flexibility index (Phi) is 3.09. The van der Waals surface area contributed by atoms with Crippen molar-refractivity contribution in [3.8, 4) is 0 Å². The fourth-order valence-electron chi connectivity index (χ4n) is 5.32. The molecule has 0 aromatic heterocycles. The van der Waals surface area contributed by atoms with Crippen molar-refractivity contribution in [1.29, 1.82) is 0 Å². The fourth-order valence-corrected chi connectivity index (χ4v) is 6.35. The lowest BCUT2D eigenvalue weighted by Crippen LogP contribution is -2.55. The van der Waals surface area contributed by atoms with E-state index in [0.29, 0.717) is 5.41 Å². The summed E-state index contributed by atoms with van der Waals surface area (Å²) in [6.07, 6.45) is 2.90. The van der Waals surface area contributed by atoms with E-state index in [1.54, 1.807) is 16.7 Å². The highest BCUT2D eigenvalue weighted by Crippen LogP contribution is 2.66. The van der Waals surface area contributed by atoms with Crippen molar-refractivity contribution in [2.24, 2.45) is 29.1 Å². The molecule has 1 aromatic rings. The molecular weight excluding hydrogens is 272 g/mol. The predicted octanol–water partition coefficient (Wildman–Crippen LogP) is 5.88. The Morgan fingerprint density at radius 2 is 1.90 bits per heavy atom. The van der Waals surface area contributed by atoms with Crippen molar-refractivity contribution in [3.63, 3.8) is 0 Å². The average molecular weight is 298 g/mol. The summed E-state index contributed by atoms with van der Waals surface area (Å²) in [4.78, 5) is 1.50. The molecule has 4 atom stereocenters. The van der Waals surface area contributed by atoms with Gasteiger partial charge in [-0.3, -0.25) is 0 Å². The molecule has 21 heavy (non-hydrogen) atoms. The lowest BCUT2D eigenvalue weighted by molar-refractivity contribution is -0.112. The molecule has 1 aromatic carbocycles. The third-order valence-corrected chi connectivity index (χ3v) is 7.91. The minimum atomic E-state index is 0.560. The number of hydrogen-bond donors (Lipinski definition) is 0. The molecule has 3 saturated carbocycles. The number of allylic oxidation sites excluding steroid dienone is 1. The van der Waals surface area contributed by atoms with Gasteiger partial charge in [0.1, 0.15) is 0 Å². The standard InChI is InChI=1S/C20H26S/c1-12-9-14-10-16(20(14,3)4)19(12)18-13(2)11-21-17-8-6-5-7-15(17)18/h5-8,12,14,16,19H,9-11H2,1-4H3/t12?,14-,16-,19?/m0/s1. The van der Waals surface area contributed by atoms with E-state index in [9.17, 15) is 0 Å². The fraction of sp³-hybridized carbons (Fsp3) is 0.600. The highest BCUT2D eigenvalue weighted by atomic mass is 32.2. The predicted molar refractivity (Wildman–Crippen MR) is 92.4 cm³/mol. The summed E-state index contributed by atoms with van der Waals surface area (Å²) in [6.45, 7) is 9.92. The maximum atomic E-state index is 2.52. The van der Waals surface area contributed by atoms with Gasteiger partial charge < -0.3 is 0 Å². The van der Waals surface area contributed by atoms with Crippen LogP contribution >= 0.6 is 11.8 Å². The maximum absolute atomic E-state index is 2.52. The maximum Gasteiger partial charge on any atom is 0.0194 e. The SMILES string of the molecule is CC1=C(C2C(C)C[C@H]3C[C@@H]2C3(C)C)c2ccccc2SC1. The third kappa shape index (κ3) is 1.89. The smallest absolute Gasteiger partial charge is 0.0194 e. The summed E-state index contributed by atoms with van der Waals surface area (Å²) in [5, 5.41) is 0. The van der Waals surface area contributed by atoms with E-state index in [1.165, 1.54) is 23.5 Å². The zero-order valence-electron chi connectivity index (χ0n) is 13.6. The van der Waals surface area contributed by atoms with Crippen LogP contribution in [-0.2, 0) is 0 Å². The van der Waals surface area contributed by atoms with Crippen LogP contribution in [0.2, 0.25) is 0 Å². The van der Waals surface area contributed by atoms with E-state index in [4.69, 9.17) is 0 Å². The van der Waals surface area contributed by atoms with Crippen molar-refractivity contribution >= 4 is 17.3 Å². The molecule has 2 unspecified atom stereocenters. The first kappa shape index (κ1) is 13.9. The molecule has 0 N–H and O–H groups in total. The molecule has 2 bridgehead atoms. The van der Waals surface area contributed by atoms with Gasteiger partial charge >= 0.3 is 0 Å². The van der Waals surface area contributed by atoms with E-state index in [1.807, 2.05) is 11.8 Å². The Hall–Kier alpha value is -0.690. The second-order valence-corrected chi connectivity index (χ2v) is 9.10. The first-order chi connectivity index (χ1) is 10.00. The molecule has 0 amide bonds. The van der Waals surface area contributed by atoms with Crippen molar-refractivity contribution in [2.75, 3.05) is 5.75 Å². The summed E-state index contributed by atoms with van der Waals surface area (Å²) < 4.78 is 0. The van der Waals surface area contributed by atoms with E-state index >= 15 is 0 Å². The highest BCUT2D eigenvalue weighted by Gasteiger charge is 2.57. The molecule has 0 spiro atoms. The highest BCUT2D eigenvalue weighted by molar-refractivity contribution is 7.99. The van der Waals surface area contributed by atoms with Crippen LogP contribution in [0.3, 0.4) is 0 Å². The number of thioether (sulfide) groups is 1. The largest absolute Gasteiger partial charge is 0.121 e. The van der Waals surface area contributed by atoms with E-state index in [0.717, 1.165) is 23.7 Å². The van der Waals surface area contributed by atoms with Gasteiger partial charge in [-0.15, -0.1) is 11.8 Å². The monoisotopic (exact) mass is 298 g/mol. The third-order valence-electron chi connectivity index (χ3n) is 6.66. The van der Waals surface area contributed by atoms with Crippen LogP contribution < -0.4 is 0 Å². The molecule has 4 aliphatic rings. The van der Waals surface area contributed by atoms with Crippen LogP contribution in [-0.4, -0.2) is 5.75 Å². The van der Waals surface area contributed by atoms with Crippen LogP contribution in [0.25, 0.3) is 5.57 Å².